The Kier molecular flexibility index (Phi) is 1.73. The van der Waals surface area contributed by atoms with Crippen LogP contribution in [-0.2, 0) is 0 Å². The number of benzene rings is 1. The predicted octanol–water partition coefficient (Wildman–Crippen LogP) is 1.64. The maximum atomic E-state index is 12.7. The van der Waals surface area contributed by atoms with E-state index in [4.69, 9.17) is 4.74 Å². The van der Waals surface area contributed by atoms with Crippen LogP contribution in [0.3, 0.4) is 0 Å². The van der Waals surface area contributed by atoms with Crippen molar-refractivity contribution >= 4 is 0 Å². The summed E-state index contributed by atoms with van der Waals surface area (Å²) in [5, 5.41) is 9.44. The SMILES string of the molecule is OC1CCOc2ccc(F)cc21. The van der Waals surface area contributed by atoms with Crippen LogP contribution in [0.15, 0.2) is 18.2 Å². The van der Waals surface area contributed by atoms with Gasteiger partial charge in [-0.05, 0) is 18.2 Å². The molecule has 0 saturated carbocycles. The molecule has 1 aromatic carbocycles. The molecule has 1 aliphatic rings. The Morgan fingerprint density at radius 1 is 1.50 bits per heavy atom. The van der Waals surface area contributed by atoms with Gasteiger partial charge in [0.05, 0.1) is 12.7 Å². The third-order valence-electron chi connectivity index (χ3n) is 1.98. The van der Waals surface area contributed by atoms with Gasteiger partial charge in [0.2, 0.25) is 0 Å². The van der Waals surface area contributed by atoms with E-state index < -0.39 is 6.10 Å². The normalized spacial score (nSPS) is 21.3. The molecule has 1 aromatic rings. The Labute approximate surface area is 69.6 Å². The van der Waals surface area contributed by atoms with Crippen LogP contribution in [0.4, 0.5) is 4.39 Å². The Bertz CT molecular complexity index is 299. The summed E-state index contributed by atoms with van der Waals surface area (Å²) in [7, 11) is 0. The summed E-state index contributed by atoms with van der Waals surface area (Å²) in [5.41, 5.74) is 0.557. The van der Waals surface area contributed by atoms with Crippen molar-refractivity contribution in [1.82, 2.24) is 0 Å². The van der Waals surface area contributed by atoms with E-state index in [1.807, 2.05) is 0 Å². The van der Waals surface area contributed by atoms with Crippen molar-refractivity contribution in [1.29, 1.82) is 0 Å². The second-order valence-corrected chi connectivity index (χ2v) is 2.84. The monoisotopic (exact) mass is 168 g/mol. The van der Waals surface area contributed by atoms with Crippen molar-refractivity contribution in [2.45, 2.75) is 12.5 Å². The molecular formula is C9H9FO2. The molecule has 1 aliphatic heterocycles. The minimum absolute atomic E-state index is 0.335. The van der Waals surface area contributed by atoms with Crippen LogP contribution in [0.2, 0.25) is 0 Å². The highest BCUT2D eigenvalue weighted by Crippen LogP contribution is 2.31. The van der Waals surface area contributed by atoms with E-state index in [-0.39, 0.29) is 5.82 Å². The van der Waals surface area contributed by atoms with Crippen molar-refractivity contribution in [3.8, 4) is 5.75 Å². The van der Waals surface area contributed by atoms with Crippen LogP contribution in [0.5, 0.6) is 5.75 Å². The Morgan fingerprint density at radius 3 is 3.17 bits per heavy atom. The number of aliphatic hydroxyl groups is 1. The number of aliphatic hydroxyl groups excluding tert-OH is 1. The number of hydrogen-bond donors (Lipinski definition) is 1. The third-order valence-corrected chi connectivity index (χ3v) is 1.98. The molecule has 0 aliphatic carbocycles. The van der Waals surface area contributed by atoms with Crippen molar-refractivity contribution in [2.24, 2.45) is 0 Å². The fourth-order valence-corrected chi connectivity index (χ4v) is 1.35. The van der Waals surface area contributed by atoms with E-state index in [0.29, 0.717) is 24.3 Å². The van der Waals surface area contributed by atoms with Gasteiger partial charge >= 0.3 is 0 Å². The van der Waals surface area contributed by atoms with Gasteiger partial charge in [-0.15, -0.1) is 0 Å². The average molecular weight is 168 g/mol. The Morgan fingerprint density at radius 2 is 2.33 bits per heavy atom. The van der Waals surface area contributed by atoms with Gasteiger partial charge in [-0.1, -0.05) is 0 Å². The fraction of sp³-hybridized carbons (Fsp3) is 0.333. The van der Waals surface area contributed by atoms with Crippen molar-refractivity contribution in [3.05, 3.63) is 29.6 Å². The largest absolute Gasteiger partial charge is 0.493 e. The number of fused-ring (bicyclic) bond motifs is 1. The summed E-state index contributed by atoms with van der Waals surface area (Å²) in [6.07, 6.45) is -0.0411. The van der Waals surface area contributed by atoms with E-state index in [2.05, 4.69) is 0 Å². The summed E-state index contributed by atoms with van der Waals surface area (Å²) < 4.78 is 17.9. The number of ether oxygens (including phenoxy) is 1. The molecule has 2 nitrogen and oxygen atoms in total. The van der Waals surface area contributed by atoms with E-state index in [0.717, 1.165) is 0 Å². The zero-order chi connectivity index (χ0) is 8.55. The predicted molar refractivity (Wildman–Crippen MR) is 41.5 cm³/mol. The molecule has 12 heavy (non-hydrogen) atoms. The first-order chi connectivity index (χ1) is 5.77. The molecule has 64 valence electrons. The Hall–Kier alpha value is -1.09. The molecule has 0 fully saturated rings. The van der Waals surface area contributed by atoms with E-state index in [9.17, 15) is 9.50 Å². The second kappa shape index (κ2) is 2.75. The maximum absolute atomic E-state index is 12.7. The van der Waals surface area contributed by atoms with Crippen molar-refractivity contribution in [2.75, 3.05) is 6.61 Å². The molecule has 2 rings (SSSR count). The highest BCUT2D eigenvalue weighted by molar-refractivity contribution is 5.36. The molecule has 0 radical (unpaired) electrons. The molecule has 3 heteroatoms. The van der Waals surface area contributed by atoms with Gasteiger partial charge in [-0.2, -0.15) is 0 Å². The highest BCUT2D eigenvalue weighted by atomic mass is 19.1. The maximum Gasteiger partial charge on any atom is 0.125 e. The first kappa shape index (κ1) is 7.55. The molecule has 0 bridgehead atoms. The lowest BCUT2D eigenvalue weighted by atomic mass is 10.0. The lowest BCUT2D eigenvalue weighted by Crippen LogP contribution is -2.13. The molecule has 1 atom stereocenters. The van der Waals surface area contributed by atoms with Crippen LogP contribution in [0, 0.1) is 5.82 Å². The van der Waals surface area contributed by atoms with Crippen molar-refractivity contribution in [3.63, 3.8) is 0 Å². The lowest BCUT2D eigenvalue weighted by molar-refractivity contribution is 0.115. The molecule has 1 unspecified atom stereocenters. The highest BCUT2D eigenvalue weighted by Gasteiger charge is 2.19. The summed E-state index contributed by atoms with van der Waals surface area (Å²) in [6, 6.07) is 4.20. The average Bonchev–Trinajstić information content (AvgIpc) is 2.07. The number of rotatable bonds is 0. The van der Waals surface area contributed by atoms with Gasteiger partial charge in [-0.25, -0.2) is 4.39 Å². The van der Waals surface area contributed by atoms with Gasteiger partial charge in [0.15, 0.2) is 0 Å². The van der Waals surface area contributed by atoms with E-state index >= 15 is 0 Å². The quantitative estimate of drug-likeness (QED) is 0.638. The summed E-state index contributed by atoms with van der Waals surface area (Å²) >= 11 is 0. The van der Waals surface area contributed by atoms with Gasteiger partial charge in [-0.3, -0.25) is 0 Å². The van der Waals surface area contributed by atoms with Crippen LogP contribution < -0.4 is 4.74 Å². The summed E-state index contributed by atoms with van der Waals surface area (Å²) in [4.78, 5) is 0. The molecular weight excluding hydrogens is 159 g/mol. The van der Waals surface area contributed by atoms with Gasteiger partial charge in [0.25, 0.3) is 0 Å². The summed E-state index contributed by atoms with van der Waals surface area (Å²) in [6.45, 7) is 0.500. The summed E-state index contributed by atoms with van der Waals surface area (Å²) in [5.74, 6) is 0.258. The van der Waals surface area contributed by atoms with Crippen molar-refractivity contribution < 1.29 is 14.2 Å². The number of hydrogen-bond acceptors (Lipinski definition) is 2. The number of halogens is 1. The van der Waals surface area contributed by atoms with Crippen LogP contribution in [0.25, 0.3) is 0 Å². The third kappa shape index (κ3) is 1.16. The molecule has 1 heterocycles. The topological polar surface area (TPSA) is 29.5 Å². The lowest BCUT2D eigenvalue weighted by Gasteiger charge is -2.21. The minimum Gasteiger partial charge on any atom is -0.493 e. The molecule has 0 saturated heterocycles. The minimum atomic E-state index is -0.579. The standard InChI is InChI=1S/C9H9FO2/c10-6-1-2-9-7(5-6)8(11)3-4-12-9/h1-2,5,8,11H,3-4H2. The first-order valence-electron chi connectivity index (χ1n) is 3.87. The Balaban J connectivity index is 2.47. The molecule has 0 aromatic heterocycles. The van der Waals surface area contributed by atoms with E-state index in [1.54, 1.807) is 6.07 Å². The molecule has 1 N–H and O–H groups in total. The zero-order valence-corrected chi connectivity index (χ0v) is 6.46. The zero-order valence-electron chi connectivity index (χ0n) is 6.46. The first-order valence-corrected chi connectivity index (χ1v) is 3.87. The van der Waals surface area contributed by atoms with Gasteiger partial charge in [0.1, 0.15) is 11.6 Å². The van der Waals surface area contributed by atoms with Gasteiger partial charge in [0, 0.05) is 12.0 Å². The van der Waals surface area contributed by atoms with Crippen LogP contribution in [-0.4, -0.2) is 11.7 Å². The smallest absolute Gasteiger partial charge is 0.125 e. The fourth-order valence-electron chi connectivity index (χ4n) is 1.35. The molecule has 0 amide bonds. The van der Waals surface area contributed by atoms with E-state index in [1.165, 1.54) is 12.1 Å². The molecule has 0 spiro atoms. The van der Waals surface area contributed by atoms with Gasteiger partial charge < -0.3 is 9.84 Å². The second-order valence-electron chi connectivity index (χ2n) is 2.84. The van der Waals surface area contributed by atoms with Crippen LogP contribution in [0.1, 0.15) is 18.1 Å². The van der Waals surface area contributed by atoms with Crippen LogP contribution >= 0.6 is 0 Å².